The van der Waals surface area contributed by atoms with E-state index in [-0.39, 0.29) is 0 Å². The van der Waals surface area contributed by atoms with Gasteiger partial charge in [0.2, 0.25) is 0 Å². The summed E-state index contributed by atoms with van der Waals surface area (Å²) in [6, 6.07) is 10.3. The number of fused-ring (bicyclic) bond motifs is 1. The summed E-state index contributed by atoms with van der Waals surface area (Å²) in [5.41, 5.74) is 10.5. The number of aromatic nitrogens is 1. The average Bonchev–Trinajstić information content (AvgIpc) is 3.29. The quantitative estimate of drug-likeness (QED) is 0.317. The molecule has 0 amide bonds. The van der Waals surface area contributed by atoms with Crippen LogP contribution in [0.1, 0.15) is 50.2 Å². The van der Waals surface area contributed by atoms with E-state index in [0.717, 1.165) is 75.5 Å². The van der Waals surface area contributed by atoms with Gasteiger partial charge in [-0.3, -0.25) is 0 Å². The molecule has 2 N–H and O–H groups in total. The molecule has 1 aliphatic heterocycles. The average molecular weight is 456 g/mol. The highest BCUT2D eigenvalue weighted by Gasteiger charge is 2.21. The number of nitrogens with two attached hydrogens (primary N) is 1. The van der Waals surface area contributed by atoms with Crippen molar-refractivity contribution in [3.8, 4) is 5.75 Å². The standard InChI is InChI=1S/C24H33N5O2S/c1-2-31-27-23-8-6-7-19-17-21(9-10-22(19)23)30-16-5-3-4-13-28-14-15-29(32-28)20-11-12-26-24(25)18-20/h9-12,17-18H,2-8,13-16H2,1H3,(H2,25,26)/b27-23+. The highest BCUT2D eigenvalue weighted by Crippen LogP contribution is 2.31. The number of ether oxygens (including phenoxy) is 1. The van der Waals surface area contributed by atoms with Crippen LogP contribution in [0.4, 0.5) is 11.5 Å². The number of aryl methyl sites for hydroxylation is 1. The largest absolute Gasteiger partial charge is 0.494 e. The molecule has 1 saturated heterocycles. The third-order valence-electron chi connectivity index (χ3n) is 5.69. The molecule has 0 radical (unpaired) electrons. The predicted molar refractivity (Wildman–Crippen MR) is 132 cm³/mol. The first kappa shape index (κ1) is 22.7. The highest BCUT2D eigenvalue weighted by molar-refractivity contribution is 7.98. The first-order valence-electron chi connectivity index (χ1n) is 11.6. The predicted octanol–water partition coefficient (Wildman–Crippen LogP) is 4.68. The highest BCUT2D eigenvalue weighted by atomic mass is 32.2. The fourth-order valence-electron chi connectivity index (χ4n) is 4.07. The van der Waals surface area contributed by atoms with Crippen molar-refractivity contribution in [1.29, 1.82) is 0 Å². The minimum Gasteiger partial charge on any atom is -0.494 e. The number of hydrogen-bond acceptors (Lipinski definition) is 8. The molecular weight excluding hydrogens is 422 g/mol. The molecule has 0 unspecified atom stereocenters. The molecule has 0 atom stereocenters. The number of unbranched alkanes of at least 4 members (excludes halogenated alkanes) is 2. The first-order valence-corrected chi connectivity index (χ1v) is 12.3. The van der Waals surface area contributed by atoms with Crippen molar-refractivity contribution in [2.24, 2.45) is 5.16 Å². The van der Waals surface area contributed by atoms with E-state index in [1.54, 1.807) is 18.3 Å². The Bertz CT molecular complexity index is 923. The minimum atomic E-state index is 0.569. The van der Waals surface area contributed by atoms with Crippen LogP contribution in [-0.2, 0) is 11.3 Å². The Kier molecular flexibility index (Phi) is 8.12. The molecule has 172 valence electrons. The number of rotatable bonds is 10. The minimum absolute atomic E-state index is 0.569. The van der Waals surface area contributed by atoms with E-state index < -0.39 is 0 Å². The first-order chi connectivity index (χ1) is 15.7. The van der Waals surface area contributed by atoms with Crippen LogP contribution in [0, 0.1) is 0 Å². The fraction of sp³-hybridized carbons (Fsp3) is 0.500. The third kappa shape index (κ3) is 6.07. The van der Waals surface area contributed by atoms with E-state index in [2.05, 4.69) is 36.9 Å². The number of nitrogen functional groups attached to an aromatic ring is 1. The topological polar surface area (TPSA) is 76.2 Å². The van der Waals surface area contributed by atoms with Gasteiger partial charge in [0.1, 0.15) is 18.2 Å². The molecule has 0 spiro atoms. The van der Waals surface area contributed by atoms with E-state index >= 15 is 0 Å². The van der Waals surface area contributed by atoms with Gasteiger partial charge in [-0.15, -0.1) is 0 Å². The van der Waals surface area contributed by atoms with Crippen LogP contribution in [0.15, 0.2) is 41.7 Å². The lowest BCUT2D eigenvalue weighted by atomic mass is 9.90. The number of anilines is 2. The van der Waals surface area contributed by atoms with Crippen LogP contribution >= 0.6 is 12.1 Å². The van der Waals surface area contributed by atoms with Crippen LogP contribution in [0.5, 0.6) is 5.75 Å². The number of hydrogen-bond donors (Lipinski definition) is 1. The zero-order chi connectivity index (χ0) is 22.2. The summed E-state index contributed by atoms with van der Waals surface area (Å²) in [7, 11) is 0. The molecule has 1 fully saturated rings. The van der Waals surface area contributed by atoms with E-state index in [0.29, 0.717) is 12.4 Å². The molecule has 7 nitrogen and oxygen atoms in total. The Labute approximate surface area is 195 Å². The number of oxime groups is 1. The van der Waals surface area contributed by atoms with Gasteiger partial charge in [0, 0.05) is 49.6 Å². The van der Waals surface area contributed by atoms with Gasteiger partial charge in [-0.2, -0.15) is 0 Å². The Morgan fingerprint density at radius 3 is 2.94 bits per heavy atom. The van der Waals surface area contributed by atoms with E-state index in [9.17, 15) is 0 Å². The molecule has 32 heavy (non-hydrogen) atoms. The van der Waals surface area contributed by atoms with E-state index in [4.69, 9.17) is 15.3 Å². The van der Waals surface area contributed by atoms with Crippen molar-refractivity contribution in [1.82, 2.24) is 9.29 Å². The normalized spacial score (nSPS) is 17.5. The maximum Gasteiger partial charge on any atom is 0.125 e. The van der Waals surface area contributed by atoms with Crippen LogP contribution in [0.2, 0.25) is 0 Å². The van der Waals surface area contributed by atoms with Crippen LogP contribution in [0.25, 0.3) is 0 Å². The van der Waals surface area contributed by atoms with Gasteiger partial charge in [-0.05, 0) is 75.3 Å². The van der Waals surface area contributed by atoms with Crippen molar-refractivity contribution in [2.75, 3.05) is 42.9 Å². The molecule has 1 aliphatic carbocycles. The summed E-state index contributed by atoms with van der Waals surface area (Å²) < 4.78 is 10.7. The van der Waals surface area contributed by atoms with Gasteiger partial charge in [0.15, 0.2) is 0 Å². The van der Waals surface area contributed by atoms with Crippen LogP contribution < -0.4 is 14.8 Å². The lowest BCUT2D eigenvalue weighted by molar-refractivity contribution is 0.158. The summed E-state index contributed by atoms with van der Waals surface area (Å²) in [6.45, 7) is 6.48. The molecule has 8 heteroatoms. The molecule has 4 rings (SSSR count). The molecule has 2 aliphatic rings. The maximum atomic E-state index is 6.03. The second-order valence-corrected chi connectivity index (χ2v) is 9.21. The summed E-state index contributed by atoms with van der Waals surface area (Å²) in [5.74, 6) is 1.53. The van der Waals surface area contributed by atoms with Crippen molar-refractivity contribution in [3.05, 3.63) is 47.7 Å². The van der Waals surface area contributed by atoms with Gasteiger partial charge in [-0.1, -0.05) is 5.16 Å². The Morgan fingerprint density at radius 1 is 1.12 bits per heavy atom. The van der Waals surface area contributed by atoms with Crippen molar-refractivity contribution in [2.45, 2.75) is 45.4 Å². The monoisotopic (exact) mass is 455 g/mol. The van der Waals surface area contributed by atoms with Crippen molar-refractivity contribution >= 4 is 29.4 Å². The Morgan fingerprint density at radius 2 is 2.06 bits per heavy atom. The summed E-state index contributed by atoms with van der Waals surface area (Å²) in [5, 5.41) is 4.29. The zero-order valence-corrected chi connectivity index (χ0v) is 19.6. The number of nitrogens with zero attached hydrogens (tertiary/aromatic N) is 4. The SMILES string of the molecule is CCO/N=C1\CCCc2cc(OCCCCCN3CCN(c4ccnc(N)c4)S3)ccc21. The third-order valence-corrected chi connectivity index (χ3v) is 6.88. The lowest BCUT2D eigenvalue weighted by Gasteiger charge is -2.19. The second kappa shape index (κ2) is 11.4. The fourth-order valence-corrected chi connectivity index (χ4v) is 5.09. The molecule has 0 saturated carbocycles. The maximum absolute atomic E-state index is 6.03. The zero-order valence-electron chi connectivity index (χ0n) is 18.8. The van der Waals surface area contributed by atoms with Crippen molar-refractivity contribution in [3.63, 3.8) is 0 Å². The summed E-state index contributed by atoms with van der Waals surface area (Å²) in [6.07, 6.45) is 8.34. The molecule has 2 heterocycles. The second-order valence-electron chi connectivity index (χ2n) is 8.09. The van der Waals surface area contributed by atoms with Gasteiger partial charge in [-0.25, -0.2) is 9.29 Å². The molecule has 1 aromatic carbocycles. The molecule has 2 aromatic rings. The molecule has 0 bridgehead atoms. The van der Waals surface area contributed by atoms with Gasteiger partial charge in [0.25, 0.3) is 0 Å². The summed E-state index contributed by atoms with van der Waals surface area (Å²) in [4.78, 5) is 9.35. The Balaban J connectivity index is 1.14. The Hall–Kier alpha value is -2.45. The molecular formula is C24H33N5O2S. The van der Waals surface area contributed by atoms with Crippen molar-refractivity contribution < 1.29 is 9.57 Å². The van der Waals surface area contributed by atoms with Gasteiger partial charge < -0.3 is 19.6 Å². The van der Waals surface area contributed by atoms with E-state index in [1.807, 2.05) is 19.1 Å². The van der Waals surface area contributed by atoms with Crippen LogP contribution in [-0.4, -0.2) is 47.8 Å². The number of benzene rings is 1. The van der Waals surface area contributed by atoms with Gasteiger partial charge in [0.05, 0.1) is 18.0 Å². The molecule has 1 aromatic heterocycles. The summed E-state index contributed by atoms with van der Waals surface area (Å²) >= 11 is 1.78. The van der Waals surface area contributed by atoms with Gasteiger partial charge >= 0.3 is 0 Å². The van der Waals surface area contributed by atoms with Crippen LogP contribution in [0.3, 0.4) is 0 Å². The number of pyridine rings is 1. The smallest absolute Gasteiger partial charge is 0.125 e. The lowest BCUT2D eigenvalue weighted by Crippen LogP contribution is -2.14. The van der Waals surface area contributed by atoms with E-state index in [1.165, 1.54) is 17.5 Å².